The van der Waals surface area contributed by atoms with Gasteiger partial charge in [-0.25, -0.2) is 4.68 Å². The molecule has 27 heavy (non-hydrogen) atoms. The van der Waals surface area contributed by atoms with Crippen LogP contribution in [0, 0.1) is 5.41 Å². The molecule has 1 heterocycles. The molecule has 3 aromatic rings. The van der Waals surface area contributed by atoms with E-state index in [9.17, 15) is 0 Å². The predicted molar refractivity (Wildman–Crippen MR) is 102 cm³/mol. The minimum absolute atomic E-state index is 0.300. The molecular weight excluding hydrogens is 346 g/mol. The summed E-state index contributed by atoms with van der Waals surface area (Å²) in [5.41, 5.74) is 2.48. The highest BCUT2D eigenvalue weighted by atomic mass is 16.5. The van der Waals surface area contributed by atoms with Crippen LogP contribution >= 0.6 is 0 Å². The molecule has 0 unspecified atom stereocenters. The van der Waals surface area contributed by atoms with Crippen LogP contribution in [-0.4, -0.2) is 43.9 Å². The molecule has 0 aliphatic rings. The summed E-state index contributed by atoms with van der Waals surface area (Å²) < 4.78 is 22.9. The van der Waals surface area contributed by atoms with Crippen molar-refractivity contribution in [1.82, 2.24) is 9.78 Å². The van der Waals surface area contributed by atoms with Crippen LogP contribution in [0.4, 0.5) is 0 Å². The lowest BCUT2D eigenvalue weighted by Crippen LogP contribution is -2.03. The maximum absolute atomic E-state index is 8.56. The van der Waals surface area contributed by atoms with Gasteiger partial charge in [-0.2, -0.15) is 5.10 Å². The van der Waals surface area contributed by atoms with E-state index in [1.807, 2.05) is 24.3 Å². The first kappa shape index (κ1) is 18.3. The van der Waals surface area contributed by atoms with Crippen molar-refractivity contribution in [1.29, 1.82) is 5.41 Å². The largest absolute Gasteiger partial charge is 0.497 e. The molecule has 0 saturated carbocycles. The molecule has 3 rings (SSSR count). The summed E-state index contributed by atoms with van der Waals surface area (Å²) in [5.74, 6) is 2.26. The van der Waals surface area contributed by atoms with Gasteiger partial charge in [0.25, 0.3) is 0 Å². The SMILES string of the molecule is COc1ccc(-n2cc(C(=N)c3cc(OC)c(OC)c(OC)c3)cn2)cc1. The van der Waals surface area contributed by atoms with Gasteiger partial charge in [-0.05, 0) is 36.4 Å². The number of benzene rings is 2. The Labute approximate surface area is 157 Å². The normalized spacial score (nSPS) is 10.4. The van der Waals surface area contributed by atoms with Crippen LogP contribution in [0.15, 0.2) is 48.8 Å². The average Bonchev–Trinajstić information content (AvgIpc) is 3.22. The Kier molecular flexibility index (Phi) is 5.30. The fourth-order valence-electron chi connectivity index (χ4n) is 2.72. The maximum atomic E-state index is 8.56. The molecule has 2 aromatic carbocycles. The van der Waals surface area contributed by atoms with Crippen molar-refractivity contribution in [2.45, 2.75) is 0 Å². The van der Waals surface area contributed by atoms with Crippen LogP contribution in [0.3, 0.4) is 0 Å². The summed E-state index contributed by atoms with van der Waals surface area (Å²) in [6.07, 6.45) is 3.45. The summed E-state index contributed by atoms with van der Waals surface area (Å²) in [6.45, 7) is 0. The van der Waals surface area contributed by atoms with Gasteiger partial charge in [0, 0.05) is 17.3 Å². The molecule has 140 valence electrons. The molecule has 1 aromatic heterocycles. The average molecular weight is 367 g/mol. The van der Waals surface area contributed by atoms with Crippen LogP contribution in [0.25, 0.3) is 5.69 Å². The van der Waals surface area contributed by atoms with Crippen molar-refractivity contribution in [2.75, 3.05) is 28.4 Å². The van der Waals surface area contributed by atoms with Gasteiger partial charge in [-0.1, -0.05) is 0 Å². The maximum Gasteiger partial charge on any atom is 0.203 e. The molecule has 0 saturated heterocycles. The number of methoxy groups -OCH3 is 4. The number of nitrogens with zero attached hydrogens (tertiary/aromatic N) is 2. The highest BCUT2D eigenvalue weighted by Gasteiger charge is 2.17. The van der Waals surface area contributed by atoms with Crippen molar-refractivity contribution in [3.05, 3.63) is 59.9 Å². The minimum atomic E-state index is 0.300. The number of rotatable bonds is 7. The van der Waals surface area contributed by atoms with E-state index in [0.717, 1.165) is 11.4 Å². The summed E-state index contributed by atoms with van der Waals surface area (Å²) in [6, 6.07) is 11.0. The minimum Gasteiger partial charge on any atom is -0.497 e. The van der Waals surface area contributed by atoms with Crippen molar-refractivity contribution in [3.63, 3.8) is 0 Å². The fourth-order valence-corrected chi connectivity index (χ4v) is 2.72. The molecule has 0 bridgehead atoms. The molecule has 7 heteroatoms. The number of ether oxygens (including phenoxy) is 4. The van der Waals surface area contributed by atoms with Gasteiger partial charge in [-0.3, -0.25) is 5.41 Å². The van der Waals surface area contributed by atoms with E-state index < -0.39 is 0 Å². The van der Waals surface area contributed by atoms with Crippen molar-refractivity contribution in [3.8, 4) is 28.7 Å². The van der Waals surface area contributed by atoms with Gasteiger partial charge in [0.05, 0.1) is 46.0 Å². The molecule has 0 amide bonds. The molecule has 0 aliphatic heterocycles. The second kappa shape index (κ2) is 7.82. The molecule has 0 aliphatic carbocycles. The summed E-state index contributed by atoms with van der Waals surface area (Å²) in [5, 5.41) is 12.9. The van der Waals surface area contributed by atoms with Crippen molar-refractivity contribution in [2.24, 2.45) is 0 Å². The highest BCUT2D eigenvalue weighted by molar-refractivity contribution is 6.11. The quantitative estimate of drug-likeness (QED) is 0.648. The molecule has 0 fully saturated rings. The van der Waals surface area contributed by atoms with Gasteiger partial charge in [-0.15, -0.1) is 0 Å². The molecule has 7 nitrogen and oxygen atoms in total. The van der Waals surface area contributed by atoms with E-state index in [4.69, 9.17) is 24.4 Å². The van der Waals surface area contributed by atoms with E-state index in [1.54, 1.807) is 57.6 Å². The van der Waals surface area contributed by atoms with E-state index in [2.05, 4.69) is 5.10 Å². The number of aromatic nitrogens is 2. The zero-order valence-electron chi connectivity index (χ0n) is 15.6. The summed E-state index contributed by atoms with van der Waals surface area (Å²) in [4.78, 5) is 0. The summed E-state index contributed by atoms with van der Waals surface area (Å²) in [7, 11) is 6.27. The van der Waals surface area contributed by atoms with Gasteiger partial charge in [0.2, 0.25) is 5.75 Å². The third kappa shape index (κ3) is 3.57. The first-order chi connectivity index (χ1) is 13.1. The Bertz CT molecular complexity index is 923. The predicted octanol–water partition coefficient (Wildman–Crippen LogP) is 3.32. The van der Waals surface area contributed by atoms with E-state index in [0.29, 0.717) is 34.1 Å². The zero-order chi connectivity index (χ0) is 19.4. The highest BCUT2D eigenvalue weighted by Crippen LogP contribution is 2.38. The lowest BCUT2D eigenvalue weighted by Gasteiger charge is -2.14. The van der Waals surface area contributed by atoms with Crippen LogP contribution < -0.4 is 18.9 Å². The Morgan fingerprint density at radius 3 is 2.00 bits per heavy atom. The molecule has 0 atom stereocenters. The van der Waals surface area contributed by atoms with Crippen molar-refractivity contribution >= 4 is 5.71 Å². The first-order valence-electron chi connectivity index (χ1n) is 8.19. The van der Waals surface area contributed by atoms with E-state index >= 15 is 0 Å². The first-order valence-corrected chi connectivity index (χ1v) is 8.19. The van der Waals surface area contributed by atoms with E-state index in [-0.39, 0.29) is 0 Å². The molecule has 1 N–H and O–H groups in total. The third-order valence-corrected chi connectivity index (χ3v) is 4.16. The van der Waals surface area contributed by atoms with Crippen LogP contribution in [0.2, 0.25) is 0 Å². The number of hydrogen-bond donors (Lipinski definition) is 1. The van der Waals surface area contributed by atoms with Crippen LogP contribution in [0.1, 0.15) is 11.1 Å². The Morgan fingerprint density at radius 2 is 1.48 bits per heavy atom. The Morgan fingerprint density at radius 1 is 0.852 bits per heavy atom. The third-order valence-electron chi connectivity index (χ3n) is 4.16. The number of nitrogens with one attached hydrogen (secondary N) is 1. The smallest absolute Gasteiger partial charge is 0.203 e. The molecular formula is C20H21N3O4. The molecule has 0 radical (unpaired) electrons. The fraction of sp³-hybridized carbons (Fsp3) is 0.200. The Balaban J connectivity index is 1.93. The van der Waals surface area contributed by atoms with E-state index in [1.165, 1.54) is 0 Å². The van der Waals surface area contributed by atoms with Gasteiger partial charge >= 0.3 is 0 Å². The Hall–Kier alpha value is -3.48. The second-order valence-electron chi connectivity index (χ2n) is 5.66. The molecule has 0 spiro atoms. The van der Waals surface area contributed by atoms with Crippen LogP contribution in [0.5, 0.6) is 23.0 Å². The topological polar surface area (TPSA) is 78.6 Å². The van der Waals surface area contributed by atoms with Gasteiger partial charge < -0.3 is 18.9 Å². The lowest BCUT2D eigenvalue weighted by molar-refractivity contribution is 0.324. The zero-order valence-corrected chi connectivity index (χ0v) is 15.6. The monoisotopic (exact) mass is 367 g/mol. The van der Waals surface area contributed by atoms with Gasteiger partial charge in [0.1, 0.15) is 5.75 Å². The lowest BCUT2D eigenvalue weighted by atomic mass is 10.0. The standard InChI is InChI=1S/C20H21N3O4/c1-24-16-7-5-15(6-8-16)23-12-14(11-22-23)19(21)13-9-17(25-2)20(27-4)18(10-13)26-3/h5-12,21H,1-4H3. The van der Waals surface area contributed by atoms with Crippen molar-refractivity contribution < 1.29 is 18.9 Å². The second-order valence-corrected chi connectivity index (χ2v) is 5.66. The van der Waals surface area contributed by atoms with Crippen LogP contribution in [-0.2, 0) is 0 Å². The van der Waals surface area contributed by atoms with Gasteiger partial charge in [0.15, 0.2) is 11.5 Å². The number of hydrogen-bond acceptors (Lipinski definition) is 6. The summed E-state index contributed by atoms with van der Waals surface area (Å²) >= 11 is 0.